The Bertz CT molecular complexity index is 590. The van der Waals surface area contributed by atoms with Gasteiger partial charge < -0.3 is 18.6 Å². The molecule has 0 saturated carbocycles. The largest absolute Gasteiger partial charge is 0.493 e. The number of ether oxygens (including phenoxy) is 3. The van der Waals surface area contributed by atoms with E-state index in [-0.39, 0.29) is 6.04 Å². The molecule has 1 aromatic heterocycles. The topological polar surface area (TPSA) is 78.9 Å². The number of furan rings is 1. The first-order valence-corrected chi connectivity index (χ1v) is 6.94. The van der Waals surface area contributed by atoms with Gasteiger partial charge in [0.15, 0.2) is 11.5 Å². The molecule has 0 fully saturated rings. The minimum Gasteiger partial charge on any atom is -0.493 e. The van der Waals surface area contributed by atoms with Gasteiger partial charge in [-0.2, -0.15) is 0 Å². The van der Waals surface area contributed by atoms with E-state index in [4.69, 9.17) is 24.5 Å². The Balaban J connectivity index is 2.54. The number of nitrogens with two attached hydrogens (primary N) is 1. The van der Waals surface area contributed by atoms with E-state index in [1.54, 1.807) is 33.7 Å². The van der Waals surface area contributed by atoms with Gasteiger partial charge in [-0.05, 0) is 39.7 Å². The second kappa shape index (κ2) is 6.84. The Morgan fingerprint density at radius 2 is 1.76 bits per heavy atom. The van der Waals surface area contributed by atoms with Crippen LogP contribution in [-0.2, 0) is 0 Å². The Labute approximate surface area is 131 Å². The first kappa shape index (κ1) is 15.7. The predicted octanol–water partition coefficient (Wildman–Crippen LogP) is 2.62. The Morgan fingerprint density at radius 3 is 2.14 bits per heavy atom. The average Bonchev–Trinajstić information content (AvgIpc) is 2.93. The molecule has 0 bridgehead atoms. The molecule has 1 unspecified atom stereocenters. The van der Waals surface area contributed by atoms with E-state index < -0.39 is 0 Å². The van der Waals surface area contributed by atoms with E-state index in [9.17, 15) is 0 Å². The summed E-state index contributed by atoms with van der Waals surface area (Å²) >= 11 is 3.43. The fraction of sp³-hybridized carbons (Fsp3) is 0.286. The SMILES string of the molecule is COc1cc(C(NN)c2occc2Br)cc(OC)c1OC. The number of hydrazine groups is 1. The minimum atomic E-state index is -0.358. The van der Waals surface area contributed by atoms with Crippen LogP contribution in [0.15, 0.2) is 33.4 Å². The van der Waals surface area contributed by atoms with Crippen molar-refractivity contribution in [1.29, 1.82) is 0 Å². The molecule has 6 nitrogen and oxygen atoms in total. The molecule has 7 heteroatoms. The quantitative estimate of drug-likeness (QED) is 0.611. The molecule has 1 heterocycles. The third kappa shape index (κ3) is 2.99. The lowest BCUT2D eigenvalue weighted by atomic mass is 10.0. The molecular weight excluding hydrogens is 340 g/mol. The zero-order chi connectivity index (χ0) is 15.4. The van der Waals surface area contributed by atoms with Crippen molar-refractivity contribution >= 4 is 15.9 Å². The van der Waals surface area contributed by atoms with Gasteiger partial charge in [-0.3, -0.25) is 5.84 Å². The van der Waals surface area contributed by atoms with Gasteiger partial charge in [-0.25, -0.2) is 5.43 Å². The van der Waals surface area contributed by atoms with Crippen LogP contribution in [0.1, 0.15) is 17.4 Å². The number of methoxy groups -OCH3 is 3. The maximum Gasteiger partial charge on any atom is 0.203 e. The number of hydrogen-bond acceptors (Lipinski definition) is 6. The van der Waals surface area contributed by atoms with Crippen molar-refractivity contribution in [2.75, 3.05) is 21.3 Å². The summed E-state index contributed by atoms with van der Waals surface area (Å²) in [6.45, 7) is 0. The highest BCUT2D eigenvalue weighted by molar-refractivity contribution is 9.10. The van der Waals surface area contributed by atoms with E-state index in [0.717, 1.165) is 10.0 Å². The van der Waals surface area contributed by atoms with Crippen molar-refractivity contribution in [1.82, 2.24) is 5.43 Å². The molecule has 2 rings (SSSR count). The summed E-state index contributed by atoms with van der Waals surface area (Å²) in [4.78, 5) is 0. The van der Waals surface area contributed by atoms with Crippen LogP contribution >= 0.6 is 15.9 Å². The molecule has 114 valence electrons. The smallest absolute Gasteiger partial charge is 0.203 e. The molecule has 0 saturated heterocycles. The average molecular weight is 357 g/mol. The predicted molar refractivity (Wildman–Crippen MR) is 81.7 cm³/mol. The maximum atomic E-state index is 5.67. The number of nitrogens with one attached hydrogen (secondary N) is 1. The minimum absolute atomic E-state index is 0.358. The van der Waals surface area contributed by atoms with Crippen LogP contribution in [0, 0.1) is 0 Å². The van der Waals surface area contributed by atoms with Crippen LogP contribution in [0.3, 0.4) is 0 Å². The second-order valence-electron chi connectivity index (χ2n) is 4.19. The lowest BCUT2D eigenvalue weighted by Gasteiger charge is -2.19. The zero-order valence-corrected chi connectivity index (χ0v) is 13.6. The Hall–Kier alpha value is -1.70. The van der Waals surface area contributed by atoms with Gasteiger partial charge in [0.2, 0.25) is 5.75 Å². The third-order valence-electron chi connectivity index (χ3n) is 3.09. The van der Waals surface area contributed by atoms with Crippen LogP contribution < -0.4 is 25.5 Å². The van der Waals surface area contributed by atoms with E-state index in [1.807, 2.05) is 12.1 Å². The number of hydrogen-bond donors (Lipinski definition) is 2. The maximum absolute atomic E-state index is 5.67. The van der Waals surface area contributed by atoms with Gasteiger partial charge in [-0.15, -0.1) is 0 Å². The standard InChI is InChI=1S/C14H17BrN2O4/c1-18-10-6-8(7-11(19-2)14(10)20-3)12(17-16)13-9(15)4-5-21-13/h4-7,12,17H,16H2,1-3H3. The van der Waals surface area contributed by atoms with E-state index in [2.05, 4.69) is 21.4 Å². The van der Waals surface area contributed by atoms with Crippen molar-refractivity contribution < 1.29 is 18.6 Å². The van der Waals surface area contributed by atoms with Crippen molar-refractivity contribution in [2.24, 2.45) is 5.84 Å². The van der Waals surface area contributed by atoms with Crippen molar-refractivity contribution in [3.05, 3.63) is 40.3 Å². The summed E-state index contributed by atoms with van der Waals surface area (Å²) in [7, 11) is 4.69. The highest BCUT2D eigenvalue weighted by Gasteiger charge is 2.23. The van der Waals surface area contributed by atoms with Gasteiger partial charge in [-0.1, -0.05) is 0 Å². The molecule has 0 aliphatic heterocycles. The normalized spacial score (nSPS) is 12.0. The van der Waals surface area contributed by atoms with E-state index >= 15 is 0 Å². The summed E-state index contributed by atoms with van der Waals surface area (Å²) in [6.07, 6.45) is 1.59. The van der Waals surface area contributed by atoms with Crippen LogP contribution in [0.25, 0.3) is 0 Å². The summed E-state index contributed by atoms with van der Waals surface area (Å²) in [5, 5.41) is 0. The summed E-state index contributed by atoms with van der Waals surface area (Å²) in [5.74, 6) is 7.96. The summed E-state index contributed by atoms with van der Waals surface area (Å²) < 4.78 is 22.3. The number of rotatable bonds is 6. The van der Waals surface area contributed by atoms with Crippen LogP contribution in [0.2, 0.25) is 0 Å². The van der Waals surface area contributed by atoms with Gasteiger partial charge in [0.05, 0.1) is 32.1 Å². The summed E-state index contributed by atoms with van der Waals surface area (Å²) in [6, 6.07) is 5.09. The molecule has 0 aliphatic rings. The second-order valence-corrected chi connectivity index (χ2v) is 5.05. The molecule has 2 aromatic rings. The van der Waals surface area contributed by atoms with Crippen molar-refractivity contribution in [3.8, 4) is 17.2 Å². The molecule has 1 aromatic carbocycles. The monoisotopic (exact) mass is 356 g/mol. The van der Waals surface area contributed by atoms with Gasteiger partial charge >= 0.3 is 0 Å². The lowest BCUT2D eigenvalue weighted by molar-refractivity contribution is 0.323. The molecule has 0 spiro atoms. The van der Waals surface area contributed by atoms with Crippen molar-refractivity contribution in [2.45, 2.75) is 6.04 Å². The number of halogens is 1. The fourth-order valence-electron chi connectivity index (χ4n) is 2.10. The van der Waals surface area contributed by atoms with Gasteiger partial charge in [0.1, 0.15) is 11.8 Å². The van der Waals surface area contributed by atoms with E-state index in [1.165, 1.54) is 0 Å². The fourth-order valence-corrected chi connectivity index (χ4v) is 2.53. The highest BCUT2D eigenvalue weighted by atomic mass is 79.9. The molecular formula is C14H17BrN2O4. The first-order chi connectivity index (χ1) is 10.2. The van der Waals surface area contributed by atoms with Crippen LogP contribution in [0.5, 0.6) is 17.2 Å². The lowest BCUT2D eigenvalue weighted by Crippen LogP contribution is -2.28. The first-order valence-electron chi connectivity index (χ1n) is 6.15. The molecule has 0 amide bonds. The van der Waals surface area contributed by atoms with Gasteiger partial charge in [0, 0.05) is 0 Å². The highest BCUT2D eigenvalue weighted by Crippen LogP contribution is 2.41. The molecule has 1 atom stereocenters. The number of benzene rings is 1. The Kier molecular flexibility index (Phi) is 5.11. The zero-order valence-electron chi connectivity index (χ0n) is 12.0. The molecule has 0 aliphatic carbocycles. The van der Waals surface area contributed by atoms with E-state index in [0.29, 0.717) is 23.0 Å². The van der Waals surface area contributed by atoms with Crippen LogP contribution in [0.4, 0.5) is 0 Å². The molecule has 0 radical (unpaired) electrons. The Morgan fingerprint density at radius 1 is 1.14 bits per heavy atom. The molecule has 21 heavy (non-hydrogen) atoms. The van der Waals surface area contributed by atoms with Crippen molar-refractivity contribution in [3.63, 3.8) is 0 Å². The third-order valence-corrected chi connectivity index (χ3v) is 3.75. The molecule has 3 N–H and O–H groups in total. The van der Waals surface area contributed by atoms with Crippen LogP contribution in [-0.4, -0.2) is 21.3 Å². The summed E-state index contributed by atoms with van der Waals surface area (Å²) in [5.41, 5.74) is 3.55. The van der Waals surface area contributed by atoms with Gasteiger partial charge in [0.25, 0.3) is 0 Å².